The maximum atomic E-state index is 12.1. The molecule has 132 valence electrons. The third kappa shape index (κ3) is 4.19. The number of amides is 1. The Hall–Kier alpha value is -3.23. The summed E-state index contributed by atoms with van der Waals surface area (Å²) in [5.41, 5.74) is 1.02. The molecule has 0 unspecified atom stereocenters. The first-order valence-corrected chi connectivity index (χ1v) is 7.56. The summed E-state index contributed by atoms with van der Waals surface area (Å²) in [6.45, 7) is 3.20. The van der Waals surface area contributed by atoms with E-state index in [1.807, 2.05) is 0 Å². The number of benzene rings is 1. The molecule has 2 aromatic rings. The quantitative estimate of drug-likeness (QED) is 0.580. The summed E-state index contributed by atoms with van der Waals surface area (Å²) in [4.78, 5) is 33.9. The fraction of sp³-hybridized carbons (Fsp3) is 0.312. The van der Waals surface area contributed by atoms with E-state index in [0.29, 0.717) is 11.3 Å². The van der Waals surface area contributed by atoms with Gasteiger partial charge in [-0.1, -0.05) is 30.3 Å². The van der Waals surface area contributed by atoms with Gasteiger partial charge in [0.1, 0.15) is 11.4 Å². The van der Waals surface area contributed by atoms with Crippen LogP contribution in [0.5, 0.6) is 0 Å². The van der Waals surface area contributed by atoms with Gasteiger partial charge < -0.3 is 10.4 Å². The molecule has 1 heterocycles. The van der Waals surface area contributed by atoms with Gasteiger partial charge in [0.05, 0.1) is 11.5 Å². The highest BCUT2D eigenvalue weighted by molar-refractivity contribution is 5.84. The summed E-state index contributed by atoms with van der Waals surface area (Å²) in [6.07, 6.45) is -0.0459. The van der Waals surface area contributed by atoms with E-state index < -0.39 is 22.8 Å². The van der Waals surface area contributed by atoms with Crippen molar-refractivity contribution in [3.63, 3.8) is 0 Å². The third-order valence-corrected chi connectivity index (χ3v) is 3.76. The number of carboxylic acid groups (broad SMARTS) is 1. The number of carbonyl (C=O) groups is 2. The summed E-state index contributed by atoms with van der Waals surface area (Å²) in [5, 5.41) is 26.8. The molecule has 0 aliphatic rings. The van der Waals surface area contributed by atoms with Gasteiger partial charge in [-0.2, -0.15) is 5.10 Å². The minimum atomic E-state index is -1.17. The Kier molecular flexibility index (Phi) is 5.48. The molecular formula is C16H18N4O5. The lowest BCUT2D eigenvalue weighted by Gasteiger charge is -2.15. The second-order valence-electron chi connectivity index (χ2n) is 5.50. The minimum absolute atomic E-state index is 0.0459. The molecule has 0 bridgehead atoms. The van der Waals surface area contributed by atoms with Gasteiger partial charge in [0.2, 0.25) is 5.91 Å². The van der Waals surface area contributed by atoms with Crippen LogP contribution >= 0.6 is 0 Å². The van der Waals surface area contributed by atoms with Gasteiger partial charge in [0, 0.05) is 6.42 Å². The van der Waals surface area contributed by atoms with Crippen LogP contribution in [0.4, 0.5) is 5.69 Å². The number of nitrogens with zero attached hydrogens (tertiary/aromatic N) is 3. The van der Waals surface area contributed by atoms with E-state index in [-0.39, 0.29) is 24.3 Å². The molecule has 1 aromatic carbocycles. The van der Waals surface area contributed by atoms with Crippen LogP contribution in [0, 0.1) is 24.0 Å². The van der Waals surface area contributed by atoms with E-state index in [1.165, 1.54) is 11.6 Å². The zero-order valence-electron chi connectivity index (χ0n) is 13.8. The van der Waals surface area contributed by atoms with E-state index in [4.69, 9.17) is 0 Å². The zero-order chi connectivity index (χ0) is 18.6. The number of carbonyl (C=O) groups excluding carboxylic acids is 1. The Morgan fingerprint density at radius 3 is 2.48 bits per heavy atom. The summed E-state index contributed by atoms with van der Waals surface area (Å²) in [5.74, 6) is -1.65. The average Bonchev–Trinajstić information content (AvgIpc) is 2.85. The summed E-state index contributed by atoms with van der Waals surface area (Å²) in [6, 6.07) is 7.20. The molecule has 1 amide bonds. The SMILES string of the molecule is Cc1nn(CCC(=O)N[C@@H](C(=O)O)c2ccccc2)c(C)c1[N+](=O)[O-]. The molecule has 2 N–H and O–H groups in total. The highest BCUT2D eigenvalue weighted by Gasteiger charge is 2.24. The number of hydrogen-bond donors (Lipinski definition) is 2. The second kappa shape index (κ2) is 7.56. The Balaban J connectivity index is 2.04. The standard InChI is InChI=1S/C16H18N4O5/c1-10-15(20(24)25)11(2)19(18-10)9-8-13(21)17-14(16(22)23)12-6-4-3-5-7-12/h3-7,14H,8-9H2,1-2H3,(H,17,21)(H,22,23)/t14-/m1/s1. The smallest absolute Gasteiger partial charge is 0.330 e. The molecular weight excluding hydrogens is 328 g/mol. The molecule has 0 radical (unpaired) electrons. The lowest BCUT2D eigenvalue weighted by atomic mass is 10.1. The van der Waals surface area contributed by atoms with Crippen LogP contribution in [0.1, 0.15) is 29.4 Å². The van der Waals surface area contributed by atoms with Gasteiger partial charge in [0.15, 0.2) is 6.04 Å². The second-order valence-corrected chi connectivity index (χ2v) is 5.50. The summed E-state index contributed by atoms with van der Waals surface area (Å²) < 4.78 is 1.38. The first kappa shape index (κ1) is 18.1. The normalized spacial score (nSPS) is 11.8. The molecule has 25 heavy (non-hydrogen) atoms. The topological polar surface area (TPSA) is 127 Å². The fourth-order valence-electron chi connectivity index (χ4n) is 2.54. The predicted octanol–water partition coefficient (Wildman–Crippen LogP) is 1.74. The number of nitro groups is 1. The Morgan fingerprint density at radius 1 is 1.32 bits per heavy atom. The molecule has 9 nitrogen and oxygen atoms in total. The first-order valence-electron chi connectivity index (χ1n) is 7.56. The van der Waals surface area contributed by atoms with Gasteiger partial charge in [0.25, 0.3) is 0 Å². The highest BCUT2D eigenvalue weighted by atomic mass is 16.6. The van der Waals surface area contributed by atoms with Crippen LogP contribution in [-0.4, -0.2) is 31.7 Å². The average molecular weight is 346 g/mol. The van der Waals surface area contributed by atoms with Crippen molar-refractivity contribution in [3.05, 3.63) is 57.4 Å². The van der Waals surface area contributed by atoms with Crippen LogP contribution in [0.3, 0.4) is 0 Å². The van der Waals surface area contributed by atoms with E-state index in [2.05, 4.69) is 10.4 Å². The number of hydrogen-bond acceptors (Lipinski definition) is 5. The van der Waals surface area contributed by atoms with E-state index in [0.717, 1.165) is 0 Å². The van der Waals surface area contributed by atoms with Crippen LogP contribution in [0.25, 0.3) is 0 Å². The zero-order valence-corrected chi connectivity index (χ0v) is 13.8. The first-order chi connectivity index (χ1) is 11.8. The minimum Gasteiger partial charge on any atom is -0.479 e. The molecule has 0 aliphatic heterocycles. The van der Waals surface area contributed by atoms with E-state index >= 15 is 0 Å². The molecule has 2 rings (SSSR count). The van der Waals surface area contributed by atoms with Crippen molar-refractivity contribution in [2.24, 2.45) is 0 Å². The fourth-order valence-corrected chi connectivity index (χ4v) is 2.54. The van der Waals surface area contributed by atoms with Crippen molar-refractivity contribution in [2.45, 2.75) is 32.9 Å². The number of aromatic nitrogens is 2. The number of nitrogens with one attached hydrogen (secondary N) is 1. The van der Waals surface area contributed by atoms with Crippen molar-refractivity contribution < 1.29 is 19.6 Å². The molecule has 1 atom stereocenters. The van der Waals surface area contributed by atoms with Gasteiger partial charge in [-0.05, 0) is 19.4 Å². The van der Waals surface area contributed by atoms with E-state index in [1.54, 1.807) is 37.3 Å². The van der Waals surface area contributed by atoms with Crippen molar-refractivity contribution in [1.29, 1.82) is 0 Å². The van der Waals surface area contributed by atoms with Crippen molar-refractivity contribution in [2.75, 3.05) is 0 Å². The molecule has 0 saturated heterocycles. The van der Waals surface area contributed by atoms with Crippen molar-refractivity contribution in [1.82, 2.24) is 15.1 Å². The summed E-state index contributed by atoms with van der Waals surface area (Å²) >= 11 is 0. The Labute approximate surface area is 143 Å². The van der Waals surface area contributed by atoms with Crippen molar-refractivity contribution in [3.8, 4) is 0 Å². The lowest BCUT2D eigenvalue weighted by Crippen LogP contribution is -2.34. The summed E-state index contributed by atoms with van der Waals surface area (Å²) in [7, 11) is 0. The van der Waals surface area contributed by atoms with Gasteiger partial charge >= 0.3 is 11.7 Å². The molecule has 0 aliphatic carbocycles. The van der Waals surface area contributed by atoms with Gasteiger partial charge in [-0.15, -0.1) is 0 Å². The number of aryl methyl sites for hydroxylation is 2. The largest absolute Gasteiger partial charge is 0.479 e. The highest BCUT2D eigenvalue weighted by Crippen LogP contribution is 2.22. The maximum Gasteiger partial charge on any atom is 0.330 e. The van der Waals surface area contributed by atoms with E-state index in [9.17, 15) is 24.8 Å². The Morgan fingerprint density at radius 2 is 1.96 bits per heavy atom. The predicted molar refractivity (Wildman–Crippen MR) is 87.9 cm³/mol. The van der Waals surface area contributed by atoms with Crippen LogP contribution in [-0.2, 0) is 16.1 Å². The maximum absolute atomic E-state index is 12.1. The molecule has 0 spiro atoms. The lowest BCUT2D eigenvalue weighted by molar-refractivity contribution is -0.386. The molecule has 0 fully saturated rings. The van der Waals surface area contributed by atoms with Crippen LogP contribution in [0.15, 0.2) is 30.3 Å². The van der Waals surface area contributed by atoms with Crippen molar-refractivity contribution >= 4 is 17.6 Å². The molecule has 1 aromatic heterocycles. The Bertz CT molecular complexity index is 800. The number of rotatable bonds is 7. The number of carboxylic acids is 1. The van der Waals surface area contributed by atoms with Crippen LogP contribution in [0.2, 0.25) is 0 Å². The third-order valence-electron chi connectivity index (χ3n) is 3.76. The monoisotopic (exact) mass is 346 g/mol. The van der Waals surface area contributed by atoms with Gasteiger partial charge in [-0.25, -0.2) is 4.79 Å². The number of aliphatic carboxylic acids is 1. The molecule has 9 heteroatoms. The molecule has 0 saturated carbocycles. The van der Waals surface area contributed by atoms with Gasteiger partial charge in [-0.3, -0.25) is 19.6 Å². The van der Waals surface area contributed by atoms with Crippen LogP contribution < -0.4 is 5.32 Å².